The minimum absolute atomic E-state index is 0.441. The van der Waals surface area contributed by atoms with Crippen LogP contribution in [0.25, 0.3) is 0 Å². The summed E-state index contributed by atoms with van der Waals surface area (Å²) in [6.45, 7) is -1.25. The smallest absolute Gasteiger partial charge is 0.228 e. The highest BCUT2D eigenvalue weighted by atomic mass is 19.2. The van der Waals surface area contributed by atoms with Crippen LogP contribution in [0.3, 0.4) is 0 Å². The first-order chi connectivity index (χ1) is 6.20. The zero-order chi connectivity index (χ0) is 9.84. The van der Waals surface area contributed by atoms with Crippen molar-refractivity contribution in [2.75, 3.05) is 6.86 Å². The summed E-state index contributed by atoms with van der Waals surface area (Å²) in [7, 11) is 0. The molecule has 1 aromatic carbocycles. The van der Waals surface area contributed by atoms with Crippen LogP contribution in [0.4, 0.5) is 13.2 Å². The molecule has 2 nitrogen and oxygen atoms in total. The fourth-order valence-electron chi connectivity index (χ4n) is 0.788. The van der Waals surface area contributed by atoms with Crippen molar-refractivity contribution in [3.05, 3.63) is 29.3 Å². The summed E-state index contributed by atoms with van der Waals surface area (Å²) in [4.78, 5) is 0. The van der Waals surface area contributed by atoms with E-state index in [9.17, 15) is 13.2 Å². The number of ether oxygens (including phenoxy) is 1. The number of hydrogen-bond donors (Lipinski definition) is 0. The highest BCUT2D eigenvalue weighted by Gasteiger charge is 2.13. The zero-order valence-electron chi connectivity index (χ0n) is 6.35. The Balaban J connectivity index is 3.17. The van der Waals surface area contributed by atoms with E-state index in [4.69, 9.17) is 5.26 Å². The first-order valence-electron chi connectivity index (χ1n) is 3.27. The van der Waals surface area contributed by atoms with Crippen LogP contribution >= 0.6 is 0 Å². The van der Waals surface area contributed by atoms with E-state index in [0.717, 1.165) is 12.1 Å². The summed E-state index contributed by atoms with van der Waals surface area (Å²) in [5, 5.41) is 8.29. The van der Waals surface area contributed by atoms with Gasteiger partial charge in [0.25, 0.3) is 0 Å². The van der Waals surface area contributed by atoms with Crippen LogP contribution in [0.2, 0.25) is 0 Å². The molecule has 0 fully saturated rings. The van der Waals surface area contributed by atoms with Crippen LogP contribution in [-0.4, -0.2) is 6.86 Å². The number of nitriles is 1. The molecular formula is C8H4F3NO. The molecule has 0 aliphatic heterocycles. The second-order valence-electron chi connectivity index (χ2n) is 2.10. The van der Waals surface area contributed by atoms with Crippen molar-refractivity contribution in [1.82, 2.24) is 0 Å². The van der Waals surface area contributed by atoms with Crippen molar-refractivity contribution in [3.8, 4) is 11.8 Å². The van der Waals surface area contributed by atoms with E-state index < -0.39 is 29.8 Å². The van der Waals surface area contributed by atoms with Gasteiger partial charge in [-0.05, 0) is 12.1 Å². The molecule has 0 aromatic heterocycles. The van der Waals surface area contributed by atoms with Gasteiger partial charge in [-0.15, -0.1) is 0 Å². The van der Waals surface area contributed by atoms with E-state index in [1.54, 1.807) is 0 Å². The lowest BCUT2D eigenvalue weighted by atomic mass is 10.2. The van der Waals surface area contributed by atoms with Gasteiger partial charge in [0.05, 0.1) is 5.56 Å². The molecule has 0 saturated heterocycles. The molecule has 0 bridgehead atoms. The van der Waals surface area contributed by atoms with Gasteiger partial charge in [-0.3, -0.25) is 0 Å². The van der Waals surface area contributed by atoms with Gasteiger partial charge in [0, 0.05) is 0 Å². The number of benzene rings is 1. The van der Waals surface area contributed by atoms with E-state index in [1.165, 1.54) is 6.07 Å². The molecule has 0 saturated carbocycles. The number of alkyl halides is 1. The van der Waals surface area contributed by atoms with Gasteiger partial charge in [0.15, 0.2) is 11.6 Å². The van der Waals surface area contributed by atoms with E-state index in [1.807, 2.05) is 0 Å². The average molecular weight is 187 g/mol. The molecule has 0 aliphatic carbocycles. The summed E-state index contributed by atoms with van der Waals surface area (Å²) < 4.78 is 41.3. The average Bonchev–Trinajstić information content (AvgIpc) is 2.14. The first kappa shape index (κ1) is 9.39. The van der Waals surface area contributed by atoms with Gasteiger partial charge in [-0.25, -0.2) is 8.78 Å². The summed E-state index contributed by atoms with van der Waals surface area (Å²) in [6.07, 6.45) is 0. The Morgan fingerprint density at radius 1 is 1.31 bits per heavy atom. The van der Waals surface area contributed by atoms with Crippen molar-refractivity contribution in [2.45, 2.75) is 0 Å². The SMILES string of the molecule is N#Cc1ccc(OCF)c(F)c1F. The Bertz CT molecular complexity index is 359. The predicted molar refractivity (Wildman–Crippen MR) is 37.7 cm³/mol. The van der Waals surface area contributed by atoms with E-state index in [0.29, 0.717) is 0 Å². The largest absolute Gasteiger partial charge is 0.460 e. The maximum absolute atomic E-state index is 12.8. The highest BCUT2D eigenvalue weighted by Crippen LogP contribution is 2.22. The van der Waals surface area contributed by atoms with Gasteiger partial charge in [0.2, 0.25) is 12.7 Å². The number of rotatable bonds is 2. The molecule has 13 heavy (non-hydrogen) atoms. The molecule has 0 radical (unpaired) electrons. The fourth-order valence-corrected chi connectivity index (χ4v) is 0.788. The highest BCUT2D eigenvalue weighted by molar-refractivity contribution is 5.37. The number of nitrogens with zero attached hydrogens (tertiary/aromatic N) is 1. The zero-order valence-corrected chi connectivity index (χ0v) is 6.35. The summed E-state index contributed by atoms with van der Waals surface area (Å²) in [5.74, 6) is -3.22. The minimum Gasteiger partial charge on any atom is -0.460 e. The number of hydrogen-bond acceptors (Lipinski definition) is 2. The van der Waals surface area contributed by atoms with Crippen LogP contribution in [0.1, 0.15) is 5.56 Å². The third kappa shape index (κ3) is 1.72. The van der Waals surface area contributed by atoms with E-state index >= 15 is 0 Å². The molecule has 1 rings (SSSR count). The minimum atomic E-state index is -1.35. The Hall–Kier alpha value is -1.70. The molecule has 0 aliphatic rings. The van der Waals surface area contributed by atoms with Gasteiger partial charge in [-0.2, -0.15) is 9.65 Å². The van der Waals surface area contributed by atoms with Crippen molar-refractivity contribution in [2.24, 2.45) is 0 Å². The normalized spacial score (nSPS) is 9.38. The molecule has 0 spiro atoms. The molecule has 0 atom stereocenters. The predicted octanol–water partition coefficient (Wildman–Crippen LogP) is 2.14. The van der Waals surface area contributed by atoms with Crippen molar-refractivity contribution in [3.63, 3.8) is 0 Å². The second-order valence-corrected chi connectivity index (χ2v) is 2.10. The lowest BCUT2D eigenvalue weighted by molar-refractivity contribution is 0.182. The van der Waals surface area contributed by atoms with Crippen molar-refractivity contribution < 1.29 is 17.9 Å². The van der Waals surface area contributed by atoms with Gasteiger partial charge in [-0.1, -0.05) is 0 Å². The van der Waals surface area contributed by atoms with Crippen LogP contribution in [-0.2, 0) is 0 Å². The molecule has 0 amide bonds. The van der Waals surface area contributed by atoms with Gasteiger partial charge >= 0.3 is 0 Å². The lowest BCUT2D eigenvalue weighted by Gasteiger charge is -2.03. The maximum Gasteiger partial charge on any atom is 0.228 e. The third-order valence-corrected chi connectivity index (χ3v) is 1.38. The van der Waals surface area contributed by atoms with Crippen molar-refractivity contribution in [1.29, 1.82) is 5.26 Å². The molecule has 0 N–H and O–H groups in total. The van der Waals surface area contributed by atoms with Crippen LogP contribution in [0.15, 0.2) is 12.1 Å². The van der Waals surface area contributed by atoms with E-state index in [2.05, 4.69) is 4.74 Å². The monoisotopic (exact) mass is 187 g/mol. The quantitative estimate of drug-likeness (QED) is 0.710. The Labute approximate surface area is 72.2 Å². The lowest BCUT2D eigenvalue weighted by Crippen LogP contribution is -1.97. The number of halogens is 3. The summed E-state index contributed by atoms with van der Waals surface area (Å²) >= 11 is 0. The molecule has 5 heteroatoms. The van der Waals surface area contributed by atoms with Crippen LogP contribution in [0, 0.1) is 23.0 Å². The van der Waals surface area contributed by atoms with Crippen LogP contribution in [0.5, 0.6) is 5.75 Å². The molecule has 0 unspecified atom stereocenters. The van der Waals surface area contributed by atoms with Gasteiger partial charge in [0.1, 0.15) is 6.07 Å². The second kappa shape index (κ2) is 3.81. The Morgan fingerprint density at radius 2 is 2.00 bits per heavy atom. The van der Waals surface area contributed by atoms with Crippen LogP contribution < -0.4 is 4.74 Å². The third-order valence-electron chi connectivity index (χ3n) is 1.38. The van der Waals surface area contributed by atoms with Gasteiger partial charge < -0.3 is 4.74 Å². The topological polar surface area (TPSA) is 33.0 Å². The summed E-state index contributed by atoms with van der Waals surface area (Å²) in [5.41, 5.74) is -0.441. The molecule has 1 aromatic rings. The van der Waals surface area contributed by atoms with Crippen molar-refractivity contribution >= 4 is 0 Å². The fraction of sp³-hybridized carbons (Fsp3) is 0.125. The molecule has 0 heterocycles. The standard InChI is InChI=1S/C8H4F3NO/c9-4-13-6-2-1-5(3-12)7(10)8(6)11/h1-2H,4H2. The summed E-state index contributed by atoms with van der Waals surface area (Å²) in [6, 6.07) is 3.45. The Morgan fingerprint density at radius 3 is 2.54 bits per heavy atom. The maximum atomic E-state index is 12.8. The first-order valence-corrected chi connectivity index (χ1v) is 3.27. The molecule has 68 valence electrons. The van der Waals surface area contributed by atoms with E-state index in [-0.39, 0.29) is 0 Å². The Kier molecular flexibility index (Phi) is 2.75. The molecular weight excluding hydrogens is 183 g/mol.